The van der Waals surface area contributed by atoms with Crippen LogP contribution in [0.2, 0.25) is 0 Å². The van der Waals surface area contributed by atoms with Gasteiger partial charge in [-0.05, 0) is 53.9 Å². The van der Waals surface area contributed by atoms with E-state index in [9.17, 15) is 18.0 Å². The number of nitrogens with one attached hydrogen (secondary N) is 1. The number of sulfonamides is 1. The average Bonchev–Trinajstić information content (AvgIpc) is 2.87. The Morgan fingerprint density at radius 3 is 2.24 bits per heavy atom. The molecule has 9 heteroatoms. The molecule has 8 nitrogen and oxygen atoms in total. The molecule has 1 amide bonds. The molecule has 1 aliphatic rings. The van der Waals surface area contributed by atoms with Crippen molar-refractivity contribution in [1.29, 1.82) is 0 Å². The smallest absolute Gasteiger partial charge is 0.339 e. The van der Waals surface area contributed by atoms with E-state index in [-0.39, 0.29) is 29.1 Å². The van der Waals surface area contributed by atoms with Crippen molar-refractivity contribution in [2.75, 3.05) is 19.5 Å². The zero-order chi connectivity index (χ0) is 24.3. The number of fused-ring (bicyclic) bond motifs is 1. The molecule has 1 N–H and O–H groups in total. The summed E-state index contributed by atoms with van der Waals surface area (Å²) < 4.78 is 38.4. The molecule has 1 aliphatic heterocycles. The Balaban J connectivity index is 1.71. The lowest BCUT2D eigenvalue weighted by atomic mass is 9.95. The standard InChI is InChI=1S/C25H24N2O6S/c1-32-19-11-13-20(14-12-19)34(30,31)27-16-18-8-4-3-7-17(18)15-23(27)24(28)26-22-10-6-5-9-21(22)25(29)33-2/h3-14,23H,15-16H2,1-2H3,(H,26,28). The summed E-state index contributed by atoms with van der Waals surface area (Å²) in [7, 11) is -1.27. The second-order valence-corrected chi connectivity index (χ2v) is 9.63. The largest absolute Gasteiger partial charge is 0.497 e. The van der Waals surface area contributed by atoms with Gasteiger partial charge < -0.3 is 14.8 Å². The van der Waals surface area contributed by atoms with Gasteiger partial charge >= 0.3 is 5.97 Å². The number of hydrogen-bond donors (Lipinski definition) is 1. The summed E-state index contributed by atoms with van der Waals surface area (Å²) in [5.41, 5.74) is 2.16. The van der Waals surface area contributed by atoms with Gasteiger partial charge in [-0.25, -0.2) is 13.2 Å². The van der Waals surface area contributed by atoms with Crippen LogP contribution in [-0.4, -0.2) is 44.9 Å². The molecule has 0 bridgehead atoms. The second-order valence-electron chi connectivity index (χ2n) is 7.74. The number of amides is 1. The number of carbonyl (C=O) groups excluding carboxylic acids is 2. The minimum absolute atomic E-state index is 0.0429. The second kappa shape index (κ2) is 9.66. The first-order valence-corrected chi connectivity index (χ1v) is 12.0. The van der Waals surface area contributed by atoms with Crippen LogP contribution in [0.1, 0.15) is 21.5 Å². The van der Waals surface area contributed by atoms with Crippen molar-refractivity contribution in [3.05, 3.63) is 89.5 Å². The number of para-hydroxylation sites is 1. The zero-order valence-corrected chi connectivity index (χ0v) is 19.5. The monoisotopic (exact) mass is 480 g/mol. The minimum atomic E-state index is -4.02. The molecule has 0 aliphatic carbocycles. The van der Waals surface area contributed by atoms with E-state index in [1.54, 1.807) is 30.3 Å². The summed E-state index contributed by atoms with van der Waals surface area (Å²) >= 11 is 0. The van der Waals surface area contributed by atoms with Crippen molar-refractivity contribution in [2.45, 2.75) is 23.9 Å². The maximum atomic E-state index is 13.6. The molecule has 1 unspecified atom stereocenters. The number of ether oxygens (including phenoxy) is 2. The molecular formula is C25H24N2O6S. The third-order valence-electron chi connectivity index (χ3n) is 5.76. The third-order valence-corrected chi connectivity index (χ3v) is 7.63. The third kappa shape index (κ3) is 4.52. The van der Waals surface area contributed by atoms with Crippen LogP contribution in [0.5, 0.6) is 5.75 Å². The van der Waals surface area contributed by atoms with Gasteiger partial charge in [0.05, 0.1) is 30.4 Å². The molecule has 0 fully saturated rings. The first-order valence-electron chi connectivity index (χ1n) is 10.6. The lowest BCUT2D eigenvalue weighted by Crippen LogP contribution is -2.50. The van der Waals surface area contributed by atoms with Crippen molar-refractivity contribution in [3.63, 3.8) is 0 Å². The molecule has 0 radical (unpaired) electrons. The Labute approximate surface area is 198 Å². The van der Waals surface area contributed by atoms with Gasteiger partial charge in [0.2, 0.25) is 15.9 Å². The molecule has 4 rings (SSSR count). The van der Waals surface area contributed by atoms with Gasteiger partial charge in [0.15, 0.2) is 0 Å². The maximum Gasteiger partial charge on any atom is 0.339 e. The Morgan fingerprint density at radius 2 is 1.56 bits per heavy atom. The number of benzene rings is 3. The van der Waals surface area contributed by atoms with E-state index in [2.05, 4.69) is 5.32 Å². The van der Waals surface area contributed by atoms with Crippen molar-refractivity contribution < 1.29 is 27.5 Å². The molecule has 1 heterocycles. The number of esters is 1. The fourth-order valence-electron chi connectivity index (χ4n) is 3.95. The van der Waals surface area contributed by atoms with E-state index >= 15 is 0 Å². The van der Waals surface area contributed by atoms with Crippen molar-refractivity contribution >= 4 is 27.6 Å². The predicted molar refractivity (Wildman–Crippen MR) is 126 cm³/mol. The number of methoxy groups -OCH3 is 2. The quantitative estimate of drug-likeness (QED) is 0.544. The highest BCUT2D eigenvalue weighted by atomic mass is 32.2. The average molecular weight is 481 g/mol. The fraction of sp³-hybridized carbons (Fsp3) is 0.200. The van der Waals surface area contributed by atoms with Crippen molar-refractivity contribution in [1.82, 2.24) is 4.31 Å². The van der Waals surface area contributed by atoms with E-state index in [1.807, 2.05) is 24.3 Å². The SMILES string of the molecule is COC(=O)c1ccccc1NC(=O)C1Cc2ccccc2CN1S(=O)(=O)c1ccc(OC)cc1. The van der Waals surface area contributed by atoms with E-state index in [4.69, 9.17) is 9.47 Å². The summed E-state index contributed by atoms with van der Waals surface area (Å²) in [5.74, 6) is -0.618. The molecule has 0 saturated carbocycles. The summed E-state index contributed by atoms with van der Waals surface area (Å²) in [6.07, 6.45) is 0.192. The molecule has 34 heavy (non-hydrogen) atoms. The topological polar surface area (TPSA) is 102 Å². The van der Waals surface area contributed by atoms with Gasteiger partial charge in [-0.3, -0.25) is 4.79 Å². The molecule has 0 saturated heterocycles. The van der Waals surface area contributed by atoms with Gasteiger partial charge in [-0.15, -0.1) is 0 Å². The van der Waals surface area contributed by atoms with Crippen LogP contribution in [-0.2, 0) is 32.5 Å². The number of carbonyl (C=O) groups is 2. The molecule has 1 atom stereocenters. The zero-order valence-electron chi connectivity index (χ0n) is 18.7. The van der Waals surface area contributed by atoms with Crippen LogP contribution < -0.4 is 10.1 Å². The van der Waals surface area contributed by atoms with E-state index in [0.717, 1.165) is 11.1 Å². The van der Waals surface area contributed by atoms with E-state index in [0.29, 0.717) is 5.75 Å². The number of nitrogens with zero attached hydrogens (tertiary/aromatic N) is 1. The van der Waals surface area contributed by atoms with Crippen LogP contribution in [0.3, 0.4) is 0 Å². The first kappa shape index (κ1) is 23.5. The predicted octanol–water partition coefficient (Wildman–Crippen LogP) is 3.24. The molecule has 3 aromatic carbocycles. The highest BCUT2D eigenvalue weighted by Gasteiger charge is 2.40. The Morgan fingerprint density at radius 1 is 0.912 bits per heavy atom. The number of hydrogen-bond acceptors (Lipinski definition) is 6. The molecular weight excluding hydrogens is 456 g/mol. The maximum absolute atomic E-state index is 13.6. The van der Waals surface area contributed by atoms with Crippen LogP contribution in [0.4, 0.5) is 5.69 Å². The lowest BCUT2D eigenvalue weighted by molar-refractivity contribution is -0.120. The van der Waals surface area contributed by atoms with Crippen molar-refractivity contribution in [3.8, 4) is 5.75 Å². The Bertz CT molecular complexity index is 1320. The minimum Gasteiger partial charge on any atom is -0.497 e. The van der Waals surface area contributed by atoms with Gasteiger partial charge in [0.1, 0.15) is 11.8 Å². The Hall–Kier alpha value is -3.69. The molecule has 3 aromatic rings. The number of anilines is 1. The van der Waals surface area contributed by atoms with Crippen LogP contribution in [0.15, 0.2) is 77.7 Å². The highest BCUT2D eigenvalue weighted by Crippen LogP contribution is 2.31. The summed E-state index contributed by atoms with van der Waals surface area (Å²) in [5, 5.41) is 2.73. The van der Waals surface area contributed by atoms with Gasteiger partial charge in [0.25, 0.3) is 0 Å². The lowest BCUT2D eigenvalue weighted by Gasteiger charge is -2.35. The van der Waals surface area contributed by atoms with Gasteiger partial charge in [-0.1, -0.05) is 36.4 Å². The van der Waals surface area contributed by atoms with E-state index in [1.165, 1.54) is 36.7 Å². The fourth-order valence-corrected chi connectivity index (χ4v) is 5.52. The molecule has 176 valence electrons. The van der Waals surface area contributed by atoms with Gasteiger partial charge in [0, 0.05) is 6.54 Å². The first-order chi connectivity index (χ1) is 16.3. The van der Waals surface area contributed by atoms with Crippen LogP contribution in [0, 0.1) is 0 Å². The normalized spacial score (nSPS) is 15.8. The van der Waals surface area contributed by atoms with Gasteiger partial charge in [-0.2, -0.15) is 4.31 Å². The van der Waals surface area contributed by atoms with Crippen LogP contribution >= 0.6 is 0 Å². The van der Waals surface area contributed by atoms with Crippen molar-refractivity contribution in [2.24, 2.45) is 0 Å². The summed E-state index contributed by atoms with van der Waals surface area (Å²) in [4.78, 5) is 25.6. The molecule has 0 aromatic heterocycles. The summed E-state index contributed by atoms with van der Waals surface area (Å²) in [6, 6.07) is 18.9. The number of rotatable bonds is 6. The van der Waals surface area contributed by atoms with Crippen LogP contribution in [0.25, 0.3) is 0 Å². The molecule has 0 spiro atoms. The highest BCUT2D eigenvalue weighted by molar-refractivity contribution is 7.89. The Kier molecular flexibility index (Phi) is 6.67. The van der Waals surface area contributed by atoms with E-state index < -0.39 is 27.9 Å². The summed E-state index contributed by atoms with van der Waals surface area (Å²) in [6.45, 7) is 0.0429.